The molecule has 19 heavy (non-hydrogen) atoms. The molecule has 0 atom stereocenters. The summed E-state index contributed by atoms with van der Waals surface area (Å²) in [6, 6.07) is 5.77. The second-order valence-electron chi connectivity index (χ2n) is 3.72. The van der Waals surface area contributed by atoms with E-state index < -0.39 is 17.6 Å². The molecule has 2 nitrogen and oxygen atoms in total. The highest BCUT2D eigenvalue weighted by molar-refractivity contribution is 8.01. The summed E-state index contributed by atoms with van der Waals surface area (Å²) in [6.07, 6.45) is 0.174. The van der Waals surface area contributed by atoms with Crippen molar-refractivity contribution in [2.75, 3.05) is 5.75 Å². The van der Waals surface area contributed by atoms with Crippen LogP contribution in [0.15, 0.2) is 33.9 Å². The Labute approximate surface area is 117 Å². The lowest BCUT2D eigenvalue weighted by Gasteiger charge is -2.07. The maximum Gasteiger partial charge on any atom is 0.336 e. The van der Waals surface area contributed by atoms with Gasteiger partial charge < -0.3 is 5.11 Å². The highest BCUT2D eigenvalue weighted by Gasteiger charge is 2.17. The van der Waals surface area contributed by atoms with Crippen LogP contribution in [0.3, 0.4) is 0 Å². The molecule has 0 spiro atoms. The average Bonchev–Trinajstić information content (AvgIpc) is 2.87. The van der Waals surface area contributed by atoms with Crippen molar-refractivity contribution >= 4 is 29.1 Å². The van der Waals surface area contributed by atoms with Gasteiger partial charge in [0.1, 0.15) is 0 Å². The van der Waals surface area contributed by atoms with Gasteiger partial charge in [-0.1, -0.05) is 6.07 Å². The van der Waals surface area contributed by atoms with Crippen molar-refractivity contribution in [2.24, 2.45) is 0 Å². The Balaban J connectivity index is 2.14. The van der Waals surface area contributed by atoms with Gasteiger partial charge in [-0.25, -0.2) is 13.6 Å². The van der Waals surface area contributed by atoms with Crippen molar-refractivity contribution in [2.45, 2.75) is 10.6 Å². The normalized spacial score (nSPS) is 10.6. The van der Waals surface area contributed by atoms with Gasteiger partial charge in [-0.2, -0.15) is 0 Å². The zero-order valence-electron chi connectivity index (χ0n) is 9.73. The summed E-state index contributed by atoms with van der Waals surface area (Å²) in [6.45, 7) is 0. The van der Waals surface area contributed by atoms with Gasteiger partial charge >= 0.3 is 5.97 Å². The van der Waals surface area contributed by atoms with Gasteiger partial charge in [0.25, 0.3) is 0 Å². The molecule has 0 radical (unpaired) electrons. The lowest BCUT2D eigenvalue weighted by Crippen LogP contribution is -2.07. The minimum atomic E-state index is -1.24. The fourth-order valence-electron chi connectivity index (χ4n) is 1.64. The first-order valence-electron chi connectivity index (χ1n) is 5.46. The van der Waals surface area contributed by atoms with Crippen molar-refractivity contribution in [1.29, 1.82) is 0 Å². The second-order valence-corrected chi connectivity index (χ2v) is 6.07. The Kier molecular flexibility index (Phi) is 4.55. The first-order chi connectivity index (χ1) is 9.09. The molecule has 0 unspecified atom stereocenters. The van der Waals surface area contributed by atoms with Gasteiger partial charge in [0.15, 0.2) is 11.6 Å². The number of carboxylic acid groups (broad SMARTS) is 1. The number of thiophene rings is 1. The molecule has 2 rings (SSSR count). The van der Waals surface area contributed by atoms with Crippen LogP contribution in [0.4, 0.5) is 8.78 Å². The summed E-state index contributed by atoms with van der Waals surface area (Å²) < 4.78 is 27.9. The third-order valence-electron chi connectivity index (χ3n) is 2.52. The SMILES string of the molecule is O=C(O)c1ccc(F)c(F)c1CCSc1cccs1. The zero-order chi connectivity index (χ0) is 13.8. The second kappa shape index (κ2) is 6.16. The van der Waals surface area contributed by atoms with E-state index in [0.29, 0.717) is 5.75 Å². The Morgan fingerprint density at radius 1 is 1.32 bits per heavy atom. The van der Waals surface area contributed by atoms with Crippen molar-refractivity contribution in [1.82, 2.24) is 0 Å². The monoisotopic (exact) mass is 300 g/mol. The number of carbonyl (C=O) groups is 1. The van der Waals surface area contributed by atoms with Crippen LogP contribution in [0, 0.1) is 11.6 Å². The maximum atomic E-state index is 13.6. The van der Waals surface area contributed by atoms with Crippen LogP contribution in [0.25, 0.3) is 0 Å². The maximum absolute atomic E-state index is 13.6. The van der Waals surface area contributed by atoms with E-state index in [2.05, 4.69) is 0 Å². The third-order valence-corrected chi connectivity index (χ3v) is 4.65. The molecule has 0 aliphatic carbocycles. The largest absolute Gasteiger partial charge is 0.478 e. The number of rotatable bonds is 5. The Morgan fingerprint density at radius 3 is 2.74 bits per heavy atom. The van der Waals surface area contributed by atoms with Crippen LogP contribution in [0.2, 0.25) is 0 Å². The van der Waals surface area contributed by atoms with E-state index in [4.69, 9.17) is 5.11 Å². The summed E-state index contributed by atoms with van der Waals surface area (Å²) in [4.78, 5) is 11.0. The van der Waals surface area contributed by atoms with Crippen LogP contribution < -0.4 is 0 Å². The molecule has 0 amide bonds. The summed E-state index contributed by atoms with van der Waals surface area (Å²) in [7, 11) is 0. The molecule has 0 saturated carbocycles. The van der Waals surface area contributed by atoms with Crippen LogP contribution in [-0.2, 0) is 6.42 Å². The lowest BCUT2D eigenvalue weighted by molar-refractivity contribution is 0.0695. The number of thioether (sulfide) groups is 1. The fourth-order valence-corrected chi connectivity index (χ4v) is 3.46. The number of benzene rings is 1. The van der Waals surface area contributed by atoms with Crippen LogP contribution in [-0.4, -0.2) is 16.8 Å². The van der Waals surface area contributed by atoms with Crippen molar-refractivity contribution in [3.05, 3.63) is 52.4 Å². The number of aromatic carboxylic acids is 1. The molecule has 1 aromatic carbocycles. The van der Waals surface area contributed by atoms with E-state index in [1.807, 2.05) is 17.5 Å². The smallest absolute Gasteiger partial charge is 0.336 e. The molecule has 1 aromatic heterocycles. The fraction of sp³-hybridized carbons (Fsp3) is 0.154. The first-order valence-corrected chi connectivity index (χ1v) is 7.32. The lowest BCUT2D eigenvalue weighted by atomic mass is 10.0. The van der Waals surface area contributed by atoms with E-state index >= 15 is 0 Å². The van der Waals surface area contributed by atoms with Crippen molar-refractivity contribution in [3.8, 4) is 0 Å². The minimum absolute atomic E-state index is 0.0726. The number of halogens is 2. The van der Waals surface area contributed by atoms with E-state index in [9.17, 15) is 13.6 Å². The highest BCUT2D eigenvalue weighted by atomic mass is 32.2. The van der Waals surface area contributed by atoms with Crippen LogP contribution >= 0.6 is 23.1 Å². The topological polar surface area (TPSA) is 37.3 Å². The predicted molar refractivity (Wildman–Crippen MR) is 72.1 cm³/mol. The first kappa shape index (κ1) is 14.0. The molecule has 0 fully saturated rings. The molecule has 6 heteroatoms. The molecule has 0 aliphatic heterocycles. The van der Waals surface area contributed by atoms with Gasteiger partial charge in [-0.3, -0.25) is 0 Å². The summed E-state index contributed by atoms with van der Waals surface area (Å²) in [5.74, 6) is -2.82. The average molecular weight is 300 g/mol. The minimum Gasteiger partial charge on any atom is -0.478 e. The van der Waals surface area contributed by atoms with Gasteiger partial charge in [-0.05, 0) is 30.0 Å². The molecule has 1 heterocycles. The number of hydrogen-bond donors (Lipinski definition) is 1. The molecule has 0 aliphatic rings. The summed E-state index contributed by atoms with van der Waals surface area (Å²) >= 11 is 3.05. The van der Waals surface area contributed by atoms with Crippen molar-refractivity contribution < 1.29 is 18.7 Å². The predicted octanol–water partition coefficient (Wildman–Crippen LogP) is 4.06. The van der Waals surface area contributed by atoms with Gasteiger partial charge in [0, 0.05) is 11.3 Å². The van der Waals surface area contributed by atoms with Crippen LogP contribution in [0.1, 0.15) is 15.9 Å². The van der Waals surface area contributed by atoms with E-state index in [0.717, 1.165) is 16.3 Å². The van der Waals surface area contributed by atoms with Gasteiger partial charge in [0.2, 0.25) is 0 Å². The molecule has 0 saturated heterocycles. The summed E-state index contributed by atoms with van der Waals surface area (Å²) in [5, 5.41) is 10.9. The standard InChI is InChI=1S/C13H10F2O2S2/c14-10-4-3-9(13(16)17)8(12(10)15)5-7-19-11-2-1-6-18-11/h1-4,6H,5,7H2,(H,16,17). The van der Waals surface area contributed by atoms with Crippen molar-refractivity contribution in [3.63, 3.8) is 0 Å². The molecule has 2 aromatic rings. The van der Waals surface area contributed by atoms with E-state index in [-0.39, 0.29) is 17.5 Å². The quantitative estimate of drug-likeness (QED) is 0.846. The molecule has 100 valence electrons. The van der Waals surface area contributed by atoms with Gasteiger partial charge in [0.05, 0.1) is 9.77 Å². The van der Waals surface area contributed by atoms with E-state index in [1.165, 1.54) is 11.8 Å². The number of hydrogen-bond acceptors (Lipinski definition) is 3. The van der Waals surface area contributed by atoms with E-state index in [1.54, 1.807) is 11.3 Å². The number of carboxylic acids is 1. The third kappa shape index (κ3) is 3.33. The molecule has 0 bridgehead atoms. The summed E-state index contributed by atoms with van der Waals surface area (Å²) in [5.41, 5.74) is -0.248. The zero-order valence-corrected chi connectivity index (χ0v) is 11.4. The Hall–Kier alpha value is -1.40. The highest BCUT2D eigenvalue weighted by Crippen LogP contribution is 2.26. The molecular formula is C13H10F2O2S2. The molecule has 1 N–H and O–H groups in total. The molecular weight excluding hydrogens is 290 g/mol. The van der Waals surface area contributed by atoms with Crippen LogP contribution in [0.5, 0.6) is 0 Å². The Bertz CT molecular complexity index is 583. The Morgan fingerprint density at radius 2 is 2.11 bits per heavy atom. The van der Waals surface area contributed by atoms with Gasteiger partial charge in [-0.15, -0.1) is 23.1 Å².